The molecule has 33 heavy (non-hydrogen) atoms. The van der Waals surface area contributed by atoms with E-state index in [-0.39, 0.29) is 11.2 Å². The Kier molecular flexibility index (Phi) is 4.48. The fourth-order valence-electron chi connectivity index (χ4n) is 4.23. The van der Waals surface area contributed by atoms with E-state index in [0.717, 1.165) is 21.5 Å². The maximum absolute atomic E-state index is 13.6. The Morgan fingerprint density at radius 1 is 1.09 bits per heavy atom. The van der Waals surface area contributed by atoms with E-state index < -0.39 is 11.9 Å². The molecule has 1 aliphatic rings. The average Bonchev–Trinajstić information content (AvgIpc) is 3.38. The Balaban J connectivity index is 1.58. The molecule has 0 spiro atoms. The molecular formula is C25H17N3O4S. The van der Waals surface area contributed by atoms with Gasteiger partial charge in [-0.3, -0.25) is 19.5 Å². The molecule has 8 heteroatoms. The third-order valence-corrected chi connectivity index (χ3v) is 6.68. The van der Waals surface area contributed by atoms with Gasteiger partial charge < -0.3 is 9.15 Å². The molecule has 0 saturated carbocycles. The number of carbonyl (C=O) groups is 1. The molecule has 1 atom stereocenters. The Hall–Kier alpha value is -4.04. The van der Waals surface area contributed by atoms with Crippen molar-refractivity contribution in [3.05, 3.63) is 94.1 Å². The van der Waals surface area contributed by atoms with Crippen LogP contribution in [0.5, 0.6) is 5.75 Å². The van der Waals surface area contributed by atoms with Crippen LogP contribution < -0.4 is 15.1 Å². The average molecular weight is 455 g/mol. The molecule has 5 aromatic rings. The molecule has 2 aromatic carbocycles. The van der Waals surface area contributed by atoms with Crippen LogP contribution in [0.25, 0.3) is 21.2 Å². The van der Waals surface area contributed by atoms with Crippen molar-refractivity contribution in [1.82, 2.24) is 9.97 Å². The molecule has 0 bridgehead atoms. The van der Waals surface area contributed by atoms with Crippen LogP contribution in [0.4, 0.5) is 5.13 Å². The number of benzene rings is 2. The second kappa shape index (κ2) is 7.53. The van der Waals surface area contributed by atoms with E-state index in [1.807, 2.05) is 25.1 Å². The molecule has 1 aliphatic heterocycles. The number of amides is 1. The predicted octanol–water partition coefficient (Wildman–Crippen LogP) is 4.95. The standard InChI is InChI=1S/C25H17N3O4S/c1-2-31-15-7-8-17-19(13-15)33-25(27-17)28-21(14-9-11-26-12-10-14)20-22(29)16-5-3-4-6-18(16)32-23(20)24(28)30/h3-13,21H,2H2,1H3/t21-/m0/s1. The monoisotopic (exact) mass is 455 g/mol. The van der Waals surface area contributed by atoms with Gasteiger partial charge in [0.25, 0.3) is 5.91 Å². The lowest BCUT2D eigenvalue weighted by Gasteiger charge is -2.22. The van der Waals surface area contributed by atoms with Gasteiger partial charge in [0.15, 0.2) is 10.6 Å². The summed E-state index contributed by atoms with van der Waals surface area (Å²) in [4.78, 5) is 37.5. The molecule has 7 nitrogen and oxygen atoms in total. The van der Waals surface area contributed by atoms with Crippen molar-refractivity contribution in [2.75, 3.05) is 11.5 Å². The highest BCUT2D eigenvalue weighted by Gasteiger charge is 2.45. The zero-order valence-electron chi connectivity index (χ0n) is 17.5. The van der Waals surface area contributed by atoms with Gasteiger partial charge in [-0.15, -0.1) is 0 Å². The van der Waals surface area contributed by atoms with Gasteiger partial charge in [0.05, 0.1) is 33.8 Å². The Morgan fingerprint density at radius 2 is 1.91 bits per heavy atom. The number of anilines is 1. The minimum absolute atomic E-state index is 0.0507. The minimum Gasteiger partial charge on any atom is -0.494 e. The number of thiazole rings is 1. The number of hydrogen-bond acceptors (Lipinski definition) is 7. The minimum atomic E-state index is -0.664. The number of aromatic nitrogens is 2. The Labute approximate surface area is 191 Å². The van der Waals surface area contributed by atoms with E-state index in [4.69, 9.17) is 14.1 Å². The summed E-state index contributed by atoms with van der Waals surface area (Å²) < 4.78 is 12.5. The molecule has 0 saturated heterocycles. The van der Waals surface area contributed by atoms with Crippen molar-refractivity contribution >= 4 is 43.6 Å². The summed E-state index contributed by atoms with van der Waals surface area (Å²) in [5.74, 6) is 0.401. The van der Waals surface area contributed by atoms with E-state index in [0.29, 0.717) is 28.3 Å². The number of para-hydroxylation sites is 1. The lowest BCUT2D eigenvalue weighted by atomic mass is 10.00. The third-order valence-electron chi connectivity index (χ3n) is 5.67. The van der Waals surface area contributed by atoms with E-state index in [2.05, 4.69) is 4.98 Å². The maximum atomic E-state index is 13.6. The number of hydrogen-bond donors (Lipinski definition) is 0. The number of carbonyl (C=O) groups excluding carboxylic acids is 1. The molecule has 0 unspecified atom stereocenters. The van der Waals surface area contributed by atoms with Crippen LogP contribution >= 0.6 is 11.3 Å². The van der Waals surface area contributed by atoms with Gasteiger partial charge in [-0.25, -0.2) is 4.98 Å². The summed E-state index contributed by atoms with van der Waals surface area (Å²) in [6, 6.07) is 15.5. The van der Waals surface area contributed by atoms with Crippen molar-refractivity contribution in [3.63, 3.8) is 0 Å². The summed E-state index contributed by atoms with van der Waals surface area (Å²) in [6.07, 6.45) is 3.29. The first-order valence-electron chi connectivity index (χ1n) is 10.5. The van der Waals surface area contributed by atoms with Gasteiger partial charge in [-0.1, -0.05) is 23.5 Å². The summed E-state index contributed by atoms with van der Waals surface area (Å²) >= 11 is 1.37. The largest absolute Gasteiger partial charge is 0.494 e. The Bertz CT molecular complexity index is 1590. The molecule has 1 amide bonds. The van der Waals surface area contributed by atoms with Crippen LogP contribution in [0, 0.1) is 0 Å². The molecule has 3 aromatic heterocycles. The highest BCUT2D eigenvalue weighted by atomic mass is 32.1. The number of ether oxygens (including phenoxy) is 1. The first-order valence-corrected chi connectivity index (χ1v) is 11.3. The number of pyridine rings is 1. The van der Waals surface area contributed by atoms with Gasteiger partial charge in [-0.05, 0) is 55.0 Å². The van der Waals surface area contributed by atoms with Crippen LogP contribution in [0.3, 0.4) is 0 Å². The smallest absolute Gasteiger partial charge is 0.297 e. The topological polar surface area (TPSA) is 85.5 Å². The second-order valence-electron chi connectivity index (χ2n) is 7.59. The molecule has 6 rings (SSSR count). The highest BCUT2D eigenvalue weighted by molar-refractivity contribution is 7.22. The number of nitrogens with zero attached hydrogens (tertiary/aromatic N) is 3. The SMILES string of the molecule is CCOc1ccc2nc(N3C(=O)c4oc5ccccc5c(=O)c4[C@@H]3c3ccncc3)sc2c1. The van der Waals surface area contributed by atoms with Crippen molar-refractivity contribution in [3.8, 4) is 5.75 Å². The van der Waals surface area contributed by atoms with Crippen LogP contribution in [0.15, 0.2) is 76.2 Å². The fraction of sp³-hybridized carbons (Fsp3) is 0.120. The molecule has 162 valence electrons. The molecule has 0 N–H and O–H groups in total. The summed E-state index contributed by atoms with van der Waals surface area (Å²) in [5.41, 5.74) is 1.99. The molecular weight excluding hydrogens is 438 g/mol. The van der Waals surface area contributed by atoms with Crippen LogP contribution in [-0.4, -0.2) is 22.5 Å². The van der Waals surface area contributed by atoms with Gasteiger partial charge in [-0.2, -0.15) is 0 Å². The van der Waals surface area contributed by atoms with E-state index in [1.165, 1.54) is 11.3 Å². The summed E-state index contributed by atoms with van der Waals surface area (Å²) in [5, 5.41) is 0.927. The van der Waals surface area contributed by atoms with Gasteiger partial charge in [0.1, 0.15) is 11.3 Å². The van der Waals surface area contributed by atoms with Crippen molar-refractivity contribution in [2.45, 2.75) is 13.0 Å². The van der Waals surface area contributed by atoms with Gasteiger partial charge in [0, 0.05) is 12.4 Å². The highest BCUT2D eigenvalue weighted by Crippen LogP contribution is 2.43. The van der Waals surface area contributed by atoms with Crippen LogP contribution in [-0.2, 0) is 0 Å². The molecule has 0 radical (unpaired) electrons. The lowest BCUT2D eigenvalue weighted by Crippen LogP contribution is -2.29. The second-order valence-corrected chi connectivity index (χ2v) is 8.60. The zero-order valence-corrected chi connectivity index (χ0v) is 18.3. The lowest BCUT2D eigenvalue weighted by molar-refractivity contribution is 0.0971. The van der Waals surface area contributed by atoms with Crippen LogP contribution in [0.2, 0.25) is 0 Å². The van der Waals surface area contributed by atoms with E-state index in [9.17, 15) is 9.59 Å². The number of rotatable bonds is 4. The van der Waals surface area contributed by atoms with Gasteiger partial charge >= 0.3 is 0 Å². The van der Waals surface area contributed by atoms with E-state index >= 15 is 0 Å². The van der Waals surface area contributed by atoms with Crippen molar-refractivity contribution < 1.29 is 13.9 Å². The van der Waals surface area contributed by atoms with Crippen molar-refractivity contribution in [1.29, 1.82) is 0 Å². The molecule has 0 fully saturated rings. The van der Waals surface area contributed by atoms with Crippen molar-refractivity contribution in [2.24, 2.45) is 0 Å². The predicted molar refractivity (Wildman–Crippen MR) is 126 cm³/mol. The van der Waals surface area contributed by atoms with Crippen LogP contribution in [0.1, 0.15) is 34.6 Å². The first-order chi connectivity index (χ1) is 16.2. The summed E-state index contributed by atoms with van der Waals surface area (Å²) in [7, 11) is 0. The fourth-order valence-corrected chi connectivity index (χ4v) is 5.25. The quantitative estimate of drug-likeness (QED) is 0.381. The first kappa shape index (κ1) is 19.6. The zero-order chi connectivity index (χ0) is 22.5. The maximum Gasteiger partial charge on any atom is 0.297 e. The molecule has 0 aliphatic carbocycles. The summed E-state index contributed by atoms with van der Waals surface area (Å²) in [6.45, 7) is 2.48. The van der Waals surface area contributed by atoms with Gasteiger partial charge in [0.2, 0.25) is 5.76 Å². The normalized spacial score (nSPS) is 15.4. The number of fused-ring (bicyclic) bond motifs is 3. The third kappa shape index (κ3) is 3.02. The molecule has 4 heterocycles. The van der Waals surface area contributed by atoms with E-state index in [1.54, 1.807) is 53.7 Å². The Morgan fingerprint density at radius 3 is 2.73 bits per heavy atom.